The molecule has 1 heterocycles. The van der Waals surface area contributed by atoms with Gasteiger partial charge in [-0.2, -0.15) is 0 Å². The predicted octanol–water partition coefficient (Wildman–Crippen LogP) is 1.18. The normalized spacial score (nSPS) is 19.5. The Morgan fingerprint density at radius 3 is 2.61 bits per heavy atom. The van der Waals surface area contributed by atoms with Gasteiger partial charge in [0.25, 0.3) is 0 Å². The quantitative estimate of drug-likeness (QED) is 0.743. The third-order valence-electron chi connectivity index (χ3n) is 3.41. The largest absolute Gasteiger partial charge is 0.480 e. The number of carboxylic acid groups (broad SMARTS) is 1. The Balaban J connectivity index is 2.36. The summed E-state index contributed by atoms with van der Waals surface area (Å²) in [5, 5.41) is 8.79. The first-order valence-corrected chi connectivity index (χ1v) is 6.78. The van der Waals surface area contributed by atoms with Gasteiger partial charge >= 0.3 is 5.97 Å². The summed E-state index contributed by atoms with van der Waals surface area (Å²) >= 11 is 0. The summed E-state index contributed by atoms with van der Waals surface area (Å²) < 4.78 is 0. The summed E-state index contributed by atoms with van der Waals surface area (Å²) in [6.45, 7) is 6.24. The zero-order valence-corrected chi connectivity index (χ0v) is 11.4. The van der Waals surface area contributed by atoms with Crippen LogP contribution in [0.1, 0.15) is 39.5 Å². The van der Waals surface area contributed by atoms with Crippen molar-refractivity contribution >= 4 is 11.9 Å². The molecule has 0 aliphatic carbocycles. The number of hydrogen-bond acceptors (Lipinski definition) is 3. The molecule has 104 valence electrons. The number of nitrogens with zero attached hydrogens (tertiary/aromatic N) is 2. The molecule has 1 aliphatic heterocycles. The summed E-state index contributed by atoms with van der Waals surface area (Å²) in [5.74, 6) is -0.670. The van der Waals surface area contributed by atoms with Gasteiger partial charge in [-0.15, -0.1) is 0 Å². The van der Waals surface area contributed by atoms with Crippen LogP contribution >= 0.6 is 0 Å². The molecule has 1 N–H and O–H groups in total. The van der Waals surface area contributed by atoms with Gasteiger partial charge in [0, 0.05) is 25.6 Å². The van der Waals surface area contributed by atoms with Gasteiger partial charge in [0.1, 0.15) is 0 Å². The van der Waals surface area contributed by atoms with Crippen molar-refractivity contribution in [1.29, 1.82) is 0 Å². The third kappa shape index (κ3) is 4.64. The maximum Gasteiger partial charge on any atom is 0.317 e. The van der Waals surface area contributed by atoms with Crippen molar-refractivity contribution in [3.05, 3.63) is 0 Å². The minimum Gasteiger partial charge on any atom is -0.480 e. The lowest BCUT2D eigenvalue weighted by Crippen LogP contribution is -2.38. The highest BCUT2D eigenvalue weighted by molar-refractivity contribution is 5.77. The molecule has 5 heteroatoms. The lowest BCUT2D eigenvalue weighted by atomic mass is 10.2. The molecule has 0 radical (unpaired) electrons. The van der Waals surface area contributed by atoms with E-state index in [1.54, 1.807) is 0 Å². The van der Waals surface area contributed by atoms with E-state index in [4.69, 9.17) is 5.11 Å². The fourth-order valence-corrected chi connectivity index (χ4v) is 2.48. The van der Waals surface area contributed by atoms with Crippen LogP contribution in [0.2, 0.25) is 0 Å². The number of carbonyl (C=O) groups is 2. The molecule has 0 aromatic heterocycles. The van der Waals surface area contributed by atoms with Crippen LogP contribution < -0.4 is 0 Å². The van der Waals surface area contributed by atoms with Crippen molar-refractivity contribution in [3.63, 3.8) is 0 Å². The zero-order chi connectivity index (χ0) is 13.5. The first-order valence-electron chi connectivity index (χ1n) is 6.78. The molecule has 0 aromatic rings. The number of carboxylic acids is 1. The molecule has 0 saturated carbocycles. The molecule has 0 bridgehead atoms. The fraction of sp³-hybridized carbons (Fsp3) is 0.846. The molecule has 1 unspecified atom stereocenters. The molecule has 5 nitrogen and oxygen atoms in total. The SMILES string of the molecule is CCCN(CCC(=O)N1CCCC1C)CC(=O)O. The molecule has 1 amide bonds. The van der Waals surface area contributed by atoms with Crippen molar-refractivity contribution in [2.75, 3.05) is 26.2 Å². The van der Waals surface area contributed by atoms with Crippen LogP contribution in [0, 0.1) is 0 Å². The molecule has 0 aromatic carbocycles. The summed E-state index contributed by atoms with van der Waals surface area (Å²) in [5.41, 5.74) is 0. The molecule has 1 rings (SSSR count). The van der Waals surface area contributed by atoms with Gasteiger partial charge in [-0.3, -0.25) is 14.5 Å². The minimum absolute atomic E-state index is 0.0245. The van der Waals surface area contributed by atoms with Gasteiger partial charge in [-0.1, -0.05) is 6.92 Å². The lowest BCUT2D eigenvalue weighted by molar-refractivity contribution is -0.139. The van der Waals surface area contributed by atoms with E-state index in [-0.39, 0.29) is 12.5 Å². The number of rotatable bonds is 7. The van der Waals surface area contributed by atoms with E-state index in [1.807, 2.05) is 16.7 Å². The second-order valence-corrected chi connectivity index (χ2v) is 5.00. The number of amides is 1. The number of aliphatic carboxylic acids is 1. The molecule has 1 aliphatic rings. The highest BCUT2D eigenvalue weighted by Crippen LogP contribution is 2.17. The molecular weight excluding hydrogens is 232 g/mol. The average Bonchev–Trinajstić information content (AvgIpc) is 2.71. The predicted molar refractivity (Wildman–Crippen MR) is 69.4 cm³/mol. The van der Waals surface area contributed by atoms with Gasteiger partial charge in [0.2, 0.25) is 5.91 Å². The minimum atomic E-state index is -0.828. The molecule has 0 spiro atoms. The first kappa shape index (κ1) is 15.0. The molecule has 18 heavy (non-hydrogen) atoms. The number of carbonyl (C=O) groups excluding carboxylic acids is 1. The zero-order valence-electron chi connectivity index (χ0n) is 11.4. The second-order valence-electron chi connectivity index (χ2n) is 5.00. The van der Waals surface area contributed by atoms with Crippen molar-refractivity contribution in [1.82, 2.24) is 9.80 Å². The van der Waals surface area contributed by atoms with Crippen LogP contribution in [0.25, 0.3) is 0 Å². The van der Waals surface area contributed by atoms with Crippen molar-refractivity contribution in [2.45, 2.75) is 45.6 Å². The lowest BCUT2D eigenvalue weighted by Gasteiger charge is -2.24. The highest BCUT2D eigenvalue weighted by Gasteiger charge is 2.25. The van der Waals surface area contributed by atoms with Crippen molar-refractivity contribution < 1.29 is 14.7 Å². The summed E-state index contributed by atoms with van der Waals surface area (Å²) in [6.07, 6.45) is 3.50. The van der Waals surface area contributed by atoms with E-state index >= 15 is 0 Å². The van der Waals surface area contributed by atoms with Crippen LogP contribution in [0.4, 0.5) is 0 Å². The maximum absolute atomic E-state index is 12.0. The summed E-state index contributed by atoms with van der Waals surface area (Å²) in [4.78, 5) is 26.5. The van der Waals surface area contributed by atoms with Gasteiger partial charge < -0.3 is 10.0 Å². The van der Waals surface area contributed by atoms with Gasteiger partial charge in [0.05, 0.1) is 6.54 Å². The van der Waals surface area contributed by atoms with Crippen LogP contribution in [0.5, 0.6) is 0 Å². The van der Waals surface area contributed by atoms with Gasteiger partial charge in [-0.05, 0) is 32.7 Å². The van der Waals surface area contributed by atoms with E-state index < -0.39 is 5.97 Å². The van der Waals surface area contributed by atoms with Crippen molar-refractivity contribution in [3.8, 4) is 0 Å². The standard InChI is InChI=1S/C13H24N2O3/c1-3-7-14(10-13(17)18)9-6-12(16)15-8-4-5-11(15)2/h11H,3-10H2,1-2H3,(H,17,18). The number of likely N-dealkylation sites (tertiary alicyclic amines) is 1. The Hall–Kier alpha value is -1.10. The molecule has 1 fully saturated rings. The third-order valence-corrected chi connectivity index (χ3v) is 3.41. The Labute approximate surface area is 109 Å². The summed E-state index contributed by atoms with van der Waals surface area (Å²) in [7, 11) is 0. The number of hydrogen-bond donors (Lipinski definition) is 1. The van der Waals surface area contributed by atoms with Gasteiger partial charge in [-0.25, -0.2) is 0 Å². The van der Waals surface area contributed by atoms with Crippen molar-refractivity contribution in [2.24, 2.45) is 0 Å². The van der Waals surface area contributed by atoms with E-state index in [2.05, 4.69) is 6.92 Å². The van der Waals surface area contributed by atoms with E-state index in [0.717, 1.165) is 32.4 Å². The fourth-order valence-electron chi connectivity index (χ4n) is 2.48. The molecule has 1 atom stereocenters. The van der Waals surface area contributed by atoms with E-state index in [9.17, 15) is 9.59 Å². The van der Waals surface area contributed by atoms with Crippen LogP contribution in [0.3, 0.4) is 0 Å². The maximum atomic E-state index is 12.0. The Bertz CT molecular complexity index is 294. The Kier molecular flexibility index (Phi) is 6.12. The van der Waals surface area contributed by atoms with E-state index in [0.29, 0.717) is 19.0 Å². The smallest absolute Gasteiger partial charge is 0.317 e. The Morgan fingerprint density at radius 2 is 2.11 bits per heavy atom. The van der Waals surface area contributed by atoms with Gasteiger partial charge in [0.15, 0.2) is 0 Å². The molecule has 1 saturated heterocycles. The Morgan fingerprint density at radius 1 is 1.39 bits per heavy atom. The van der Waals surface area contributed by atoms with Crippen LogP contribution in [-0.2, 0) is 9.59 Å². The first-order chi connectivity index (χ1) is 8.54. The van der Waals surface area contributed by atoms with Crippen LogP contribution in [0.15, 0.2) is 0 Å². The van der Waals surface area contributed by atoms with Crippen LogP contribution in [-0.4, -0.2) is 59.0 Å². The average molecular weight is 256 g/mol. The van der Waals surface area contributed by atoms with E-state index in [1.165, 1.54) is 0 Å². The highest BCUT2D eigenvalue weighted by atomic mass is 16.4. The summed E-state index contributed by atoms with van der Waals surface area (Å²) in [6, 6.07) is 0.344. The monoisotopic (exact) mass is 256 g/mol. The topological polar surface area (TPSA) is 60.9 Å². The molecular formula is C13H24N2O3. The second kappa shape index (κ2) is 7.36.